The Bertz CT molecular complexity index is 419. The van der Waals surface area contributed by atoms with Crippen LogP contribution in [0, 0.1) is 0 Å². The van der Waals surface area contributed by atoms with Gasteiger partial charge in [-0.15, -0.1) is 0 Å². The van der Waals surface area contributed by atoms with Crippen LogP contribution in [0.5, 0.6) is 0 Å². The molecular formula is C11H13ClN2O3. The molecule has 1 aliphatic rings. The zero-order valence-corrected chi connectivity index (χ0v) is 9.87. The molecule has 1 amide bonds. The molecule has 92 valence electrons. The van der Waals surface area contributed by atoms with Crippen LogP contribution in [0.2, 0.25) is 5.02 Å². The van der Waals surface area contributed by atoms with Crippen molar-refractivity contribution in [2.45, 2.75) is 6.10 Å². The maximum Gasteiger partial charge on any atom is 0.255 e. The van der Waals surface area contributed by atoms with Crippen LogP contribution < -0.4 is 11.1 Å². The molecule has 0 radical (unpaired) electrons. The molecule has 0 saturated carbocycles. The molecule has 1 saturated heterocycles. The molecule has 5 nitrogen and oxygen atoms in total. The van der Waals surface area contributed by atoms with Crippen molar-refractivity contribution >= 4 is 28.9 Å². The first-order valence-electron chi connectivity index (χ1n) is 5.22. The normalized spacial score (nSPS) is 19.9. The molecule has 17 heavy (non-hydrogen) atoms. The molecule has 1 heterocycles. The van der Waals surface area contributed by atoms with Crippen LogP contribution in [-0.2, 0) is 14.3 Å². The van der Waals surface area contributed by atoms with Gasteiger partial charge in [0.15, 0.2) is 6.10 Å². The van der Waals surface area contributed by atoms with Gasteiger partial charge in [0.25, 0.3) is 5.91 Å². The highest BCUT2D eigenvalue weighted by Gasteiger charge is 2.23. The average molecular weight is 257 g/mol. The van der Waals surface area contributed by atoms with Gasteiger partial charge >= 0.3 is 0 Å². The second kappa shape index (κ2) is 5.35. The lowest BCUT2D eigenvalue weighted by Crippen LogP contribution is -2.39. The number of hydrogen-bond donors (Lipinski definition) is 2. The van der Waals surface area contributed by atoms with E-state index >= 15 is 0 Å². The summed E-state index contributed by atoms with van der Waals surface area (Å²) in [7, 11) is 0. The van der Waals surface area contributed by atoms with Gasteiger partial charge in [-0.05, 0) is 18.2 Å². The molecule has 1 aliphatic heterocycles. The number of rotatable bonds is 2. The number of carbonyl (C=O) groups excluding carboxylic acids is 1. The Morgan fingerprint density at radius 1 is 1.47 bits per heavy atom. The van der Waals surface area contributed by atoms with Crippen LogP contribution in [-0.4, -0.2) is 31.8 Å². The first kappa shape index (κ1) is 12.2. The first-order valence-corrected chi connectivity index (χ1v) is 5.60. The van der Waals surface area contributed by atoms with E-state index in [2.05, 4.69) is 5.32 Å². The molecule has 1 atom stereocenters. The highest BCUT2D eigenvalue weighted by molar-refractivity contribution is 6.31. The summed E-state index contributed by atoms with van der Waals surface area (Å²) < 4.78 is 10.4. The topological polar surface area (TPSA) is 73.6 Å². The summed E-state index contributed by atoms with van der Waals surface area (Å²) in [5, 5.41) is 3.21. The molecule has 1 aromatic rings. The van der Waals surface area contributed by atoms with Crippen LogP contribution >= 0.6 is 11.6 Å². The van der Waals surface area contributed by atoms with Crippen molar-refractivity contribution in [3.63, 3.8) is 0 Å². The van der Waals surface area contributed by atoms with Crippen LogP contribution in [0.1, 0.15) is 0 Å². The molecule has 2 rings (SSSR count). The van der Waals surface area contributed by atoms with Crippen LogP contribution in [0.3, 0.4) is 0 Å². The molecule has 1 unspecified atom stereocenters. The third-order valence-corrected chi connectivity index (χ3v) is 2.61. The van der Waals surface area contributed by atoms with Crippen molar-refractivity contribution in [1.82, 2.24) is 0 Å². The summed E-state index contributed by atoms with van der Waals surface area (Å²) in [5.74, 6) is -0.265. The Morgan fingerprint density at radius 2 is 2.29 bits per heavy atom. The molecule has 0 aliphatic carbocycles. The van der Waals surface area contributed by atoms with E-state index in [1.165, 1.54) is 0 Å². The van der Waals surface area contributed by atoms with Crippen molar-refractivity contribution in [3.8, 4) is 0 Å². The quantitative estimate of drug-likeness (QED) is 0.782. The van der Waals surface area contributed by atoms with Crippen LogP contribution in [0.25, 0.3) is 0 Å². The minimum Gasteiger partial charge on any atom is -0.397 e. The van der Waals surface area contributed by atoms with Gasteiger partial charge in [0, 0.05) is 5.02 Å². The van der Waals surface area contributed by atoms with Gasteiger partial charge in [-0.3, -0.25) is 4.79 Å². The molecule has 1 fully saturated rings. The second-order valence-corrected chi connectivity index (χ2v) is 4.09. The van der Waals surface area contributed by atoms with E-state index in [0.717, 1.165) is 0 Å². The summed E-state index contributed by atoms with van der Waals surface area (Å²) in [5.41, 5.74) is 6.67. The standard InChI is InChI=1S/C11H13ClN2O3/c12-7-1-2-9(8(13)5-7)14-11(15)10-6-16-3-4-17-10/h1-2,5,10H,3-4,6,13H2,(H,14,15). The van der Waals surface area contributed by atoms with Gasteiger partial charge in [-0.2, -0.15) is 0 Å². The highest BCUT2D eigenvalue weighted by Crippen LogP contribution is 2.23. The van der Waals surface area contributed by atoms with E-state index in [1.54, 1.807) is 18.2 Å². The Hall–Kier alpha value is -1.30. The molecule has 6 heteroatoms. The number of anilines is 2. The predicted molar refractivity (Wildman–Crippen MR) is 65.1 cm³/mol. The zero-order chi connectivity index (χ0) is 12.3. The van der Waals surface area contributed by atoms with E-state index in [9.17, 15) is 4.79 Å². The smallest absolute Gasteiger partial charge is 0.255 e. The Morgan fingerprint density at radius 3 is 2.94 bits per heavy atom. The van der Waals surface area contributed by atoms with Gasteiger partial charge in [0.2, 0.25) is 0 Å². The number of carbonyl (C=O) groups is 1. The van der Waals surface area contributed by atoms with Gasteiger partial charge in [0.1, 0.15) is 0 Å². The lowest BCUT2D eigenvalue weighted by molar-refractivity contribution is -0.142. The number of halogens is 1. The third kappa shape index (κ3) is 3.09. The molecular weight excluding hydrogens is 244 g/mol. The van der Waals surface area contributed by atoms with E-state index in [0.29, 0.717) is 29.6 Å². The number of benzene rings is 1. The van der Waals surface area contributed by atoms with Crippen molar-refractivity contribution < 1.29 is 14.3 Å². The number of nitrogen functional groups attached to an aromatic ring is 1. The van der Waals surface area contributed by atoms with Crippen molar-refractivity contribution in [1.29, 1.82) is 0 Å². The SMILES string of the molecule is Nc1cc(Cl)ccc1NC(=O)C1COCCO1. The van der Waals surface area contributed by atoms with Crippen molar-refractivity contribution in [3.05, 3.63) is 23.2 Å². The van der Waals surface area contributed by atoms with E-state index < -0.39 is 6.10 Å². The zero-order valence-electron chi connectivity index (χ0n) is 9.11. The molecule has 0 spiro atoms. The Kier molecular flexibility index (Phi) is 3.83. The summed E-state index contributed by atoms with van der Waals surface area (Å²) in [6, 6.07) is 4.89. The molecule has 3 N–H and O–H groups in total. The first-order chi connectivity index (χ1) is 8.16. The van der Waals surface area contributed by atoms with Crippen molar-refractivity contribution in [2.75, 3.05) is 30.9 Å². The van der Waals surface area contributed by atoms with Gasteiger partial charge in [0.05, 0.1) is 31.2 Å². The molecule has 0 bridgehead atoms. The average Bonchev–Trinajstić information content (AvgIpc) is 2.34. The number of nitrogens with two attached hydrogens (primary N) is 1. The van der Waals surface area contributed by atoms with E-state index in [1.807, 2.05) is 0 Å². The number of ether oxygens (including phenoxy) is 2. The fraction of sp³-hybridized carbons (Fsp3) is 0.364. The maximum atomic E-state index is 11.8. The number of amides is 1. The summed E-state index contributed by atoms with van der Waals surface area (Å²) in [6.45, 7) is 1.21. The fourth-order valence-electron chi connectivity index (χ4n) is 1.50. The van der Waals surface area contributed by atoms with Gasteiger partial charge in [-0.25, -0.2) is 0 Å². The van der Waals surface area contributed by atoms with Gasteiger partial charge in [-0.1, -0.05) is 11.6 Å². The minimum atomic E-state index is -0.584. The largest absolute Gasteiger partial charge is 0.397 e. The fourth-order valence-corrected chi connectivity index (χ4v) is 1.68. The highest BCUT2D eigenvalue weighted by atomic mass is 35.5. The number of nitrogens with one attached hydrogen (secondary N) is 1. The van der Waals surface area contributed by atoms with E-state index in [4.69, 9.17) is 26.8 Å². The second-order valence-electron chi connectivity index (χ2n) is 3.66. The monoisotopic (exact) mass is 256 g/mol. The van der Waals surface area contributed by atoms with Crippen molar-refractivity contribution in [2.24, 2.45) is 0 Å². The summed E-state index contributed by atoms with van der Waals surface area (Å²) >= 11 is 5.76. The van der Waals surface area contributed by atoms with Crippen LogP contribution in [0.15, 0.2) is 18.2 Å². The van der Waals surface area contributed by atoms with E-state index in [-0.39, 0.29) is 12.5 Å². The lowest BCUT2D eigenvalue weighted by Gasteiger charge is -2.22. The van der Waals surface area contributed by atoms with Crippen LogP contribution in [0.4, 0.5) is 11.4 Å². The predicted octanol–water partition coefficient (Wildman–Crippen LogP) is 1.28. The lowest BCUT2D eigenvalue weighted by atomic mass is 10.2. The maximum absolute atomic E-state index is 11.8. The number of hydrogen-bond acceptors (Lipinski definition) is 4. The minimum absolute atomic E-state index is 0.263. The third-order valence-electron chi connectivity index (χ3n) is 2.38. The Balaban J connectivity index is 2.02. The van der Waals surface area contributed by atoms with Gasteiger partial charge < -0.3 is 20.5 Å². The summed E-state index contributed by atoms with van der Waals surface area (Å²) in [6.07, 6.45) is -0.584. The summed E-state index contributed by atoms with van der Waals surface area (Å²) in [4.78, 5) is 11.8. The molecule has 0 aromatic heterocycles. The molecule has 1 aromatic carbocycles. The Labute approximate surface area is 104 Å².